The number of nitrogens with zero attached hydrogens (tertiary/aromatic N) is 2. The first kappa shape index (κ1) is 16.9. The second kappa shape index (κ2) is 5.45. The lowest BCUT2D eigenvalue weighted by atomic mass is 10.1. The van der Waals surface area contributed by atoms with Crippen molar-refractivity contribution in [3.8, 4) is 0 Å². The molecule has 0 aliphatic heterocycles. The van der Waals surface area contributed by atoms with Crippen LogP contribution in [0, 0.1) is 0 Å². The second-order valence-corrected chi connectivity index (χ2v) is 8.45. The molecule has 0 unspecified atom stereocenters. The lowest BCUT2D eigenvalue weighted by Gasteiger charge is -2.09. The number of fused-ring (bicyclic) bond motifs is 2. The van der Waals surface area contributed by atoms with Crippen LogP contribution in [-0.2, 0) is 16.2 Å². The molecular formula is C16H10F3N3O2S2. The summed E-state index contributed by atoms with van der Waals surface area (Å²) >= 11 is 1.16. The molecule has 0 spiro atoms. The summed E-state index contributed by atoms with van der Waals surface area (Å²) in [6, 6.07) is 8.67. The Morgan fingerprint density at radius 2 is 1.85 bits per heavy atom. The van der Waals surface area contributed by atoms with Crippen LogP contribution in [0.4, 0.5) is 18.3 Å². The highest BCUT2D eigenvalue weighted by Crippen LogP contribution is 2.33. The summed E-state index contributed by atoms with van der Waals surface area (Å²) in [7, 11) is -3.98. The first-order chi connectivity index (χ1) is 12.2. The van der Waals surface area contributed by atoms with Gasteiger partial charge in [-0.3, -0.25) is 0 Å². The van der Waals surface area contributed by atoms with Crippen LogP contribution < -0.4 is 5.73 Å². The lowest BCUT2D eigenvalue weighted by Crippen LogP contribution is -2.12. The van der Waals surface area contributed by atoms with Crippen molar-refractivity contribution in [3.63, 3.8) is 0 Å². The molecular weight excluding hydrogens is 387 g/mol. The van der Waals surface area contributed by atoms with E-state index in [1.807, 2.05) is 0 Å². The quantitative estimate of drug-likeness (QED) is 0.553. The molecule has 0 aliphatic carbocycles. The Morgan fingerprint density at radius 3 is 2.58 bits per heavy atom. The van der Waals surface area contributed by atoms with Crippen LogP contribution in [-0.4, -0.2) is 17.4 Å². The standard InChI is InChI=1S/C16H10F3N3O2S2/c17-16(18,19)10-1-4-13-9(7-10)5-6-22(13)26(23,24)11-2-3-12-14(8-11)25-15(20)21-12/h1-8H,(H2,20,21). The van der Waals surface area contributed by atoms with Gasteiger partial charge in [0.1, 0.15) is 0 Å². The predicted octanol–water partition coefficient (Wildman–Crippen LogP) is 4.09. The van der Waals surface area contributed by atoms with Gasteiger partial charge in [0, 0.05) is 11.6 Å². The van der Waals surface area contributed by atoms with E-state index in [2.05, 4.69) is 4.98 Å². The molecule has 2 aromatic heterocycles. The van der Waals surface area contributed by atoms with E-state index in [9.17, 15) is 21.6 Å². The molecule has 5 nitrogen and oxygen atoms in total. The highest BCUT2D eigenvalue weighted by Gasteiger charge is 2.31. The molecule has 0 saturated carbocycles. The molecule has 2 aromatic carbocycles. The van der Waals surface area contributed by atoms with Crippen molar-refractivity contribution in [2.45, 2.75) is 11.1 Å². The average molecular weight is 397 g/mol. The Kier molecular flexibility index (Phi) is 3.53. The average Bonchev–Trinajstić information content (AvgIpc) is 3.14. The molecule has 0 saturated heterocycles. The van der Waals surface area contributed by atoms with E-state index in [0.29, 0.717) is 15.3 Å². The molecule has 4 aromatic rings. The summed E-state index contributed by atoms with van der Waals surface area (Å²) in [5.74, 6) is 0. The number of alkyl halides is 3. The van der Waals surface area contributed by atoms with Gasteiger partial charge in [-0.15, -0.1) is 0 Å². The summed E-state index contributed by atoms with van der Waals surface area (Å²) in [6.45, 7) is 0. The maximum absolute atomic E-state index is 12.9. The Hall–Kier alpha value is -2.59. The smallest absolute Gasteiger partial charge is 0.375 e. The van der Waals surface area contributed by atoms with Crippen LogP contribution in [0.1, 0.15) is 5.56 Å². The second-order valence-electron chi connectivity index (χ2n) is 5.57. The molecule has 0 fully saturated rings. The minimum Gasteiger partial charge on any atom is -0.375 e. The van der Waals surface area contributed by atoms with E-state index in [1.54, 1.807) is 6.07 Å². The van der Waals surface area contributed by atoms with Gasteiger partial charge in [-0.2, -0.15) is 13.2 Å². The zero-order chi connectivity index (χ0) is 18.7. The van der Waals surface area contributed by atoms with Crippen LogP contribution in [0.2, 0.25) is 0 Å². The van der Waals surface area contributed by atoms with Gasteiger partial charge in [0.2, 0.25) is 0 Å². The minimum atomic E-state index is -4.49. The molecule has 10 heteroatoms. The van der Waals surface area contributed by atoms with E-state index < -0.39 is 21.8 Å². The van der Waals surface area contributed by atoms with Gasteiger partial charge < -0.3 is 5.73 Å². The van der Waals surface area contributed by atoms with E-state index in [0.717, 1.165) is 33.5 Å². The molecule has 0 amide bonds. The van der Waals surface area contributed by atoms with E-state index >= 15 is 0 Å². The maximum Gasteiger partial charge on any atom is 0.416 e. The van der Waals surface area contributed by atoms with Gasteiger partial charge in [-0.05, 0) is 42.5 Å². The number of benzene rings is 2. The predicted molar refractivity (Wildman–Crippen MR) is 93.6 cm³/mol. The van der Waals surface area contributed by atoms with E-state index in [4.69, 9.17) is 5.73 Å². The van der Waals surface area contributed by atoms with Crippen LogP contribution >= 0.6 is 11.3 Å². The van der Waals surface area contributed by atoms with Crippen molar-refractivity contribution < 1.29 is 21.6 Å². The highest BCUT2D eigenvalue weighted by molar-refractivity contribution is 7.90. The molecule has 134 valence electrons. The van der Waals surface area contributed by atoms with Gasteiger partial charge in [-0.25, -0.2) is 17.4 Å². The van der Waals surface area contributed by atoms with Crippen molar-refractivity contribution >= 4 is 47.6 Å². The lowest BCUT2D eigenvalue weighted by molar-refractivity contribution is -0.137. The van der Waals surface area contributed by atoms with E-state index in [1.165, 1.54) is 24.4 Å². The van der Waals surface area contributed by atoms with Gasteiger partial charge in [0.05, 0.1) is 26.2 Å². The van der Waals surface area contributed by atoms with Crippen molar-refractivity contribution in [3.05, 3.63) is 54.2 Å². The number of hydrogen-bond donors (Lipinski definition) is 1. The zero-order valence-corrected chi connectivity index (χ0v) is 14.5. The van der Waals surface area contributed by atoms with Crippen molar-refractivity contribution in [1.29, 1.82) is 0 Å². The Labute approximate surface area is 149 Å². The number of anilines is 1. The van der Waals surface area contributed by atoms with Gasteiger partial charge in [-0.1, -0.05) is 11.3 Å². The summed E-state index contributed by atoms with van der Waals surface area (Å²) < 4.78 is 65.9. The molecule has 0 atom stereocenters. The number of hydrogen-bond acceptors (Lipinski definition) is 5. The fraction of sp³-hybridized carbons (Fsp3) is 0.0625. The number of thiazole rings is 1. The SMILES string of the molecule is Nc1nc2ccc(S(=O)(=O)n3ccc4cc(C(F)(F)F)ccc43)cc2s1. The van der Waals surface area contributed by atoms with Crippen molar-refractivity contribution in [2.24, 2.45) is 0 Å². The van der Waals surface area contributed by atoms with Crippen LogP contribution in [0.15, 0.2) is 53.6 Å². The fourth-order valence-corrected chi connectivity index (χ4v) is 4.93. The van der Waals surface area contributed by atoms with Crippen LogP contribution in [0.5, 0.6) is 0 Å². The molecule has 0 bridgehead atoms. The summed E-state index contributed by atoms with van der Waals surface area (Å²) in [5.41, 5.74) is 5.55. The van der Waals surface area contributed by atoms with Crippen molar-refractivity contribution in [1.82, 2.24) is 8.96 Å². The topological polar surface area (TPSA) is 78.0 Å². The zero-order valence-electron chi connectivity index (χ0n) is 12.9. The summed E-state index contributed by atoms with van der Waals surface area (Å²) in [4.78, 5) is 4.08. The normalized spacial score (nSPS) is 12.9. The van der Waals surface area contributed by atoms with Crippen LogP contribution in [0.25, 0.3) is 21.1 Å². The highest BCUT2D eigenvalue weighted by atomic mass is 32.2. The molecule has 2 heterocycles. The minimum absolute atomic E-state index is 0.00560. The molecule has 2 N–H and O–H groups in total. The third kappa shape index (κ3) is 2.61. The maximum atomic E-state index is 12.9. The number of rotatable bonds is 2. The first-order valence-corrected chi connectivity index (χ1v) is 9.52. The Bertz CT molecular complexity index is 1260. The van der Waals surface area contributed by atoms with Gasteiger partial charge in [0.15, 0.2) is 5.13 Å². The third-order valence-corrected chi connectivity index (χ3v) is 6.45. The molecule has 26 heavy (non-hydrogen) atoms. The number of nitrogen functional groups attached to an aromatic ring is 1. The largest absolute Gasteiger partial charge is 0.416 e. The van der Waals surface area contributed by atoms with Gasteiger partial charge >= 0.3 is 6.18 Å². The summed E-state index contributed by atoms with van der Waals surface area (Å²) in [5, 5.41) is 0.507. The third-order valence-electron chi connectivity index (χ3n) is 3.92. The van der Waals surface area contributed by atoms with Crippen molar-refractivity contribution in [2.75, 3.05) is 5.73 Å². The summed E-state index contributed by atoms with van der Waals surface area (Å²) in [6.07, 6.45) is -3.25. The number of aromatic nitrogens is 2. The fourth-order valence-electron chi connectivity index (χ4n) is 2.70. The van der Waals surface area contributed by atoms with Gasteiger partial charge in [0.25, 0.3) is 10.0 Å². The Morgan fingerprint density at radius 1 is 1.08 bits per heavy atom. The Balaban J connectivity index is 1.86. The van der Waals surface area contributed by atoms with E-state index in [-0.39, 0.29) is 15.8 Å². The molecule has 4 rings (SSSR count). The monoisotopic (exact) mass is 397 g/mol. The molecule has 0 radical (unpaired) electrons. The number of nitrogens with two attached hydrogens (primary N) is 1. The van der Waals surface area contributed by atoms with Crippen LogP contribution in [0.3, 0.4) is 0 Å². The first-order valence-electron chi connectivity index (χ1n) is 7.26. The molecule has 0 aliphatic rings. The number of halogens is 3.